The number of alkyl halides is 1. The van der Waals surface area contributed by atoms with Crippen molar-refractivity contribution in [3.63, 3.8) is 0 Å². The summed E-state index contributed by atoms with van der Waals surface area (Å²) >= 11 is 0. The molecule has 0 aromatic heterocycles. The Bertz CT molecular complexity index is 195. The third kappa shape index (κ3) is 2.07. The highest BCUT2D eigenvalue weighted by Crippen LogP contribution is 2.19. The lowest BCUT2D eigenvalue weighted by molar-refractivity contribution is -0.0619. The second-order valence-electron chi connectivity index (χ2n) is 2.66. The fourth-order valence-corrected chi connectivity index (χ4v) is 1.18. The van der Waals surface area contributed by atoms with E-state index < -0.39 is 18.3 Å². The molecule has 5 nitrogen and oxygen atoms in total. The summed E-state index contributed by atoms with van der Waals surface area (Å²) in [6.07, 6.45) is -1.51. The molecule has 0 saturated carbocycles. The summed E-state index contributed by atoms with van der Waals surface area (Å²) in [7, 11) is 0. The van der Waals surface area contributed by atoms with Gasteiger partial charge in [0.2, 0.25) is 0 Å². The first-order valence-corrected chi connectivity index (χ1v) is 3.68. The first-order chi connectivity index (χ1) is 5.77. The highest BCUT2D eigenvalue weighted by molar-refractivity contribution is 4.84. The van der Waals surface area contributed by atoms with Crippen LogP contribution in [0, 0.1) is 0 Å². The Hall–Kier alpha value is -0.840. The van der Waals surface area contributed by atoms with E-state index in [2.05, 4.69) is 10.0 Å². The third-order valence-corrected chi connectivity index (χ3v) is 1.80. The molecule has 1 fully saturated rings. The van der Waals surface area contributed by atoms with E-state index in [4.69, 9.17) is 15.4 Å². The van der Waals surface area contributed by atoms with Gasteiger partial charge in [0.15, 0.2) is 0 Å². The van der Waals surface area contributed by atoms with Crippen LogP contribution in [0.4, 0.5) is 4.39 Å². The second kappa shape index (κ2) is 4.25. The van der Waals surface area contributed by atoms with Crippen LogP contribution in [0.25, 0.3) is 10.4 Å². The molecule has 1 N–H and O–H groups in total. The topological polar surface area (TPSA) is 78.2 Å². The molecule has 0 aromatic carbocycles. The first kappa shape index (κ1) is 9.25. The van der Waals surface area contributed by atoms with Crippen LogP contribution in [0.3, 0.4) is 0 Å². The van der Waals surface area contributed by atoms with Crippen molar-refractivity contribution in [3.05, 3.63) is 10.4 Å². The van der Waals surface area contributed by atoms with Crippen LogP contribution in [0.2, 0.25) is 0 Å². The van der Waals surface area contributed by atoms with Crippen molar-refractivity contribution in [2.45, 2.75) is 24.7 Å². The minimum Gasteiger partial charge on any atom is -0.394 e. The highest BCUT2D eigenvalue weighted by atomic mass is 19.1. The average molecular weight is 175 g/mol. The number of aliphatic hydroxyl groups excluding tert-OH is 1. The third-order valence-electron chi connectivity index (χ3n) is 1.80. The van der Waals surface area contributed by atoms with E-state index in [-0.39, 0.29) is 19.6 Å². The summed E-state index contributed by atoms with van der Waals surface area (Å²) in [5.41, 5.74) is 8.12. The predicted octanol–water partition coefficient (Wildman–Crippen LogP) is 0.785. The van der Waals surface area contributed by atoms with Gasteiger partial charge in [-0.2, -0.15) is 0 Å². The van der Waals surface area contributed by atoms with Crippen molar-refractivity contribution in [2.75, 3.05) is 13.2 Å². The number of hydrogen-bond acceptors (Lipinski definition) is 3. The lowest BCUT2D eigenvalue weighted by atomic mass is 10.0. The molecule has 0 radical (unpaired) electrons. The summed E-state index contributed by atoms with van der Waals surface area (Å²) < 4.78 is 17.6. The molecule has 1 saturated heterocycles. The predicted molar refractivity (Wildman–Crippen MR) is 39.3 cm³/mol. The molecule has 68 valence electrons. The van der Waals surface area contributed by atoms with Gasteiger partial charge in [-0.1, -0.05) is 5.11 Å². The van der Waals surface area contributed by atoms with Crippen LogP contribution in [-0.2, 0) is 4.74 Å². The average Bonchev–Trinajstić information content (AvgIpc) is 2.05. The Morgan fingerprint density at radius 1 is 1.75 bits per heavy atom. The van der Waals surface area contributed by atoms with Gasteiger partial charge >= 0.3 is 0 Å². The molecule has 0 unspecified atom stereocenters. The Balaban J connectivity index is 2.57. The van der Waals surface area contributed by atoms with Gasteiger partial charge < -0.3 is 9.84 Å². The van der Waals surface area contributed by atoms with E-state index in [0.717, 1.165) is 0 Å². The zero-order chi connectivity index (χ0) is 8.97. The molecule has 1 rings (SSSR count). The SMILES string of the molecule is [N-]=[N+]=N[C@@H]1C[C@@H](F)CO[C@@H]1CO. The zero-order valence-electron chi connectivity index (χ0n) is 6.43. The standard InChI is InChI=1S/C6H10FN3O2/c7-4-1-5(9-10-8)6(2-11)12-3-4/h4-6,11H,1-3H2/t4-,5-,6-/m1/s1. The molecular weight excluding hydrogens is 165 g/mol. The first-order valence-electron chi connectivity index (χ1n) is 3.68. The van der Waals surface area contributed by atoms with Crippen molar-refractivity contribution < 1.29 is 14.2 Å². The monoisotopic (exact) mass is 175 g/mol. The Morgan fingerprint density at radius 2 is 2.50 bits per heavy atom. The molecule has 1 aliphatic heterocycles. The van der Waals surface area contributed by atoms with Gasteiger partial charge in [-0.25, -0.2) is 4.39 Å². The van der Waals surface area contributed by atoms with Crippen molar-refractivity contribution in [1.29, 1.82) is 0 Å². The van der Waals surface area contributed by atoms with Crippen molar-refractivity contribution in [3.8, 4) is 0 Å². The van der Waals surface area contributed by atoms with Crippen LogP contribution in [-0.4, -0.2) is 36.6 Å². The van der Waals surface area contributed by atoms with E-state index in [1.54, 1.807) is 0 Å². The molecular formula is C6H10FN3O2. The van der Waals surface area contributed by atoms with Crippen LogP contribution in [0.5, 0.6) is 0 Å². The zero-order valence-corrected chi connectivity index (χ0v) is 6.43. The number of aliphatic hydroxyl groups is 1. The number of halogens is 1. The van der Waals surface area contributed by atoms with Crippen LogP contribution in [0.1, 0.15) is 6.42 Å². The van der Waals surface area contributed by atoms with Gasteiger partial charge in [-0.3, -0.25) is 0 Å². The van der Waals surface area contributed by atoms with Crippen LogP contribution >= 0.6 is 0 Å². The maximum absolute atomic E-state index is 12.7. The maximum atomic E-state index is 12.7. The summed E-state index contributed by atoms with van der Waals surface area (Å²) in [6, 6.07) is -0.580. The number of azide groups is 1. The number of nitrogens with zero attached hydrogens (tertiary/aromatic N) is 3. The molecule has 0 bridgehead atoms. The molecule has 0 spiro atoms. The molecule has 0 aromatic rings. The van der Waals surface area contributed by atoms with E-state index in [0.29, 0.717) is 0 Å². The number of hydrogen-bond donors (Lipinski definition) is 1. The molecule has 0 aliphatic carbocycles. The van der Waals surface area contributed by atoms with Crippen molar-refractivity contribution in [1.82, 2.24) is 0 Å². The van der Waals surface area contributed by atoms with E-state index in [9.17, 15) is 4.39 Å². The molecule has 1 aliphatic rings. The fourth-order valence-electron chi connectivity index (χ4n) is 1.18. The van der Waals surface area contributed by atoms with Crippen LogP contribution < -0.4 is 0 Å². The highest BCUT2D eigenvalue weighted by Gasteiger charge is 2.29. The van der Waals surface area contributed by atoms with Gasteiger partial charge in [0.1, 0.15) is 6.17 Å². The van der Waals surface area contributed by atoms with Crippen molar-refractivity contribution >= 4 is 0 Å². The van der Waals surface area contributed by atoms with Gasteiger partial charge in [0.25, 0.3) is 0 Å². The summed E-state index contributed by atoms with van der Waals surface area (Å²) in [5, 5.41) is 12.1. The maximum Gasteiger partial charge on any atom is 0.124 e. The van der Waals surface area contributed by atoms with Gasteiger partial charge in [-0.15, -0.1) is 0 Å². The number of rotatable bonds is 2. The van der Waals surface area contributed by atoms with Crippen LogP contribution in [0.15, 0.2) is 5.11 Å². The van der Waals surface area contributed by atoms with E-state index in [1.165, 1.54) is 0 Å². The van der Waals surface area contributed by atoms with Crippen molar-refractivity contribution in [2.24, 2.45) is 5.11 Å². The fraction of sp³-hybridized carbons (Fsp3) is 1.00. The lowest BCUT2D eigenvalue weighted by Gasteiger charge is -2.28. The minimum absolute atomic E-state index is 0.0251. The number of ether oxygens (including phenoxy) is 1. The summed E-state index contributed by atoms with van der Waals surface area (Å²) in [4.78, 5) is 2.56. The Kier molecular flexibility index (Phi) is 3.28. The smallest absolute Gasteiger partial charge is 0.124 e. The molecule has 1 heterocycles. The normalized spacial score (nSPS) is 35.7. The minimum atomic E-state index is -1.09. The molecule has 6 heteroatoms. The largest absolute Gasteiger partial charge is 0.394 e. The second-order valence-corrected chi connectivity index (χ2v) is 2.66. The van der Waals surface area contributed by atoms with E-state index >= 15 is 0 Å². The summed E-state index contributed by atoms with van der Waals surface area (Å²) in [6.45, 7) is -0.265. The Labute approximate surface area is 68.8 Å². The van der Waals surface area contributed by atoms with Gasteiger partial charge in [0.05, 0.1) is 25.4 Å². The molecule has 0 amide bonds. The Morgan fingerprint density at radius 3 is 3.08 bits per heavy atom. The van der Waals surface area contributed by atoms with E-state index in [1.807, 2.05) is 0 Å². The van der Waals surface area contributed by atoms with Gasteiger partial charge in [0, 0.05) is 4.91 Å². The molecule has 12 heavy (non-hydrogen) atoms. The molecule has 3 atom stereocenters. The lowest BCUT2D eigenvalue weighted by Crippen LogP contribution is -2.40. The quantitative estimate of drug-likeness (QED) is 0.382. The summed E-state index contributed by atoms with van der Waals surface area (Å²) in [5.74, 6) is 0. The van der Waals surface area contributed by atoms with Gasteiger partial charge in [-0.05, 0) is 12.0 Å².